The molecule has 3 aromatic rings. The minimum absolute atomic E-state index is 0.196. The summed E-state index contributed by atoms with van der Waals surface area (Å²) in [5, 5.41) is 8.98. The van der Waals surface area contributed by atoms with E-state index in [0.717, 1.165) is 0 Å². The van der Waals surface area contributed by atoms with Crippen molar-refractivity contribution in [1.82, 2.24) is 5.43 Å². The number of hydrogen-bond donors (Lipinski definition) is 3. The Morgan fingerprint density at radius 3 is 2.42 bits per heavy atom. The van der Waals surface area contributed by atoms with E-state index in [1.807, 2.05) is 6.07 Å². The van der Waals surface area contributed by atoms with Crippen molar-refractivity contribution in [2.24, 2.45) is 5.10 Å². The van der Waals surface area contributed by atoms with Crippen molar-refractivity contribution < 1.29 is 19.1 Å². The van der Waals surface area contributed by atoms with E-state index in [9.17, 15) is 14.4 Å². The van der Waals surface area contributed by atoms with Gasteiger partial charge in [0.15, 0.2) is 0 Å². The van der Waals surface area contributed by atoms with Crippen LogP contribution >= 0.6 is 0 Å². The van der Waals surface area contributed by atoms with Gasteiger partial charge in [0.05, 0.1) is 17.5 Å². The smallest absolute Gasteiger partial charge is 0.329 e. The van der Waals surface area contributed by atoms with Crippen molar-refractivity contribution >= 4 is 35.3 Å². The highest BCUT2D eigenvalue weighted by Gasteiger charge is 2.17. The standard InChI is InChI=1S/C25H22N4O4/c1-2-15-33-20-12-8-9-18(16-20)17-26-29-25(32)24(31)28-22-14-7-6-13-21(22)23(30)27-19-10-4-3-5-11-19/h2-14,16-17H,1,15H2,(H,27,30)(H,28,31)(H,29,32). The number of nitrogens with zero attached hydrogens (tertiary/aromatic N) is 1. The molecule has 0 atom stereocenters. The van der Waals surface area contributed by atoms with Gasteiger partial charge in [-0.2, -0.15) is 5.10 Å². The zero-order chi connectivity index (χ0) is 23.5. The normalized spacial score (nSPS) is 10.3. The van der Waals surface area contributed by atoms with Crippen LogP contribution in [0.4, 0.5) is 11.4 Å². The number of amides is 3. The molecule has 3 aromatic carbocycles. The van der Waals surface area contributed by atoms with Crippen molar-refractivity contribution in [3.05, 3.63) is 103 Å². The van der Waals surface area contributed by atoms with Crippen LogP contribution < -0.4 is 20.8 Å². The van der Waals surface area contributed by atoms with Crippen molar-refractivity contribution in [3.8, 4) is 5.75 Å². The maximum Gasteiger partial charge on any atom is 0.329 e. The zero-order valence-electron chi connectivity index (χ0n) is 17.7. The van der Waals surface area contributed by atoms with Gasteiger partial charge in [-0.05, 0) is 42.0 Å². The van der Waals surface area contributed by atoms with Gasteiger partial charge < -0.3 is 15.4 Å². The molecule has 3 rings (SSSR count). The maximum absolute atomic E-state index is 12.6. The number of carbonyl (C=O) groups excluding carboxylic acids is 3. The molecule has 0 aliphatic carbocycles. The SMILES string of the molecule is C=CCOc1cccc(C=NNC(=O)C(=O)Nc2ccccc2C(=O)Nc2ccccc2)c1. The Balaban J connectivity index is 1.60. The number of hydrazone groups is 1. The zero-order valence-corrected chi connectivity index (χ0v) is 17.7. The lowest BCUT2D eigenvalue weighted by atomic mass is 10.1. The Hall–Kier alpha value is -4.72. The number of rotatable bonds is 8. The molecule has 0 spiro atoms. The summed E-state index contributed by atoms with van der Waals surface area (Å²) in [6, 6.07) is 22.3. The van der Waals surface area contributed by atoms with Gasteiger partial charge in [-0.15, -0.1) is 0 Å². The van der Waals surface area contributed by atoms with Crippen LogP contribution in [0, 0.1) is 0 Å². The molecule has 0 aliphatic heterocycles. The summed E-state index contributed by atoms with van der Waals surface area (Å²) < 4.78 is 5.43. The van der Waals surface area contributed by atoms with Crippen molar-refractivity contribution in [1.29, 1.82) is 0 Å². The van der Waals surface area contributed by atoms with E-state index in [2.05, 4.69) is 27.7 Å². The van der Waals surface area contributed by atoms with Gasteiger partial charge in [-0.3, -0.25) is 14.4 Å². The first-order valence-electron chi connectivity index (χ1n) is 10.0. The van der Waals surface area contributed by atoms with Gasteiger partial charge in [-0.1, -0.05) is 55.1 Å². The van der Waals surface area contributed by atoms with E-state index in [1.54, 1.807) is 72.8 Å². The highest BCUT2D eigenvalue weighted by molar-refractivity contribution is 6.40. The van der Waals surface area contributed by atoms with E-state index in [4.69, 9.17) is 4.74 Å². The van der Waals surface area contributed by atoms with Crippen molar-refractivity contribution in [2.45, 2.75) is 0 Å². The van der Waals surface area contributed by atoms with E-state index < -0.39 is 17.7 Å². The minimum atomic E-state index is -0.983. The number of anilines is 2. The molecule has 0 saturated heterocycles. The molecule has 0 aliphatic rings. The molecular formula is C25H22N4O4. The third kappa shape index (κ3) is 6.90. The molecule has 8 heteroatoms. The van der Waals surface area contributed by atoms with Gasteiger partial charge >= 0.3 is 11.8 Å². The lowest BCUT2D eigenvalue weighted by Gasteiger charge is -2.11. The van der Waals surface area contributed by atoms with Crippen LogP contribution in [0.3, 0.4) is 0 Å². The summed E-state index contributed by atoms with van der Waals surface area (Å²) in [5.41, 5.74) is 3.84. The first-order chi connectivity index (χ1) is 16.1. The predicted molar refractivity (Wildman–Crippen MR) is 127 cm³/mol. The number of ether oxygens (including phenoxy) is 1. The van der Waals surface area contributed by atoms with Crippen LogP contribution in [0.2, 0.25) is 0 Å². The Morgan fingerprint density at radius 2 is 1.64 bits per heavy atom. The molecule has 0 heterocycles. The number of hydrogen-bond acceptors (Lipinski definition) is 5. The monoisotopic (exact) mass is 442 g/mol. The maximum atomic E-state index is 12.6. The highest BCUT2D eigenvalue weighted by Crippen LogP contribution is 2.17. The summed E-state index contributed by atoms with van der Waals surface area (Å²) >= 11 is 0. The Bertz CT molecular complexity index is 1180. The van der Waals surface area contributed by atoms with Crippen LogP contribution in [-0.2, 0) is 9.59 Å². The second-order valence-corrected chi connectivity index (χ2v) is 6.69. The fourth-order valence-electron chi connectivity index (χ4n) is 2.75. The summed E-state index contributed by atoms with van der Waals surface area (Å²) in [6.45, 7) is 3.95. The van der Waals surface area contributed by atoms with E-state index in [-0.39, 0.29) is 11.3 Å². The molecule has 0 aromatic heterocycles. The molecular weight excluding hydrogens is 420 g/mol. The lowest BCUT2D eigenvalue weighted by molar-refractivity contribution is -0.136. The van der Waals surface area contributed by atoms with Gasteiger partial charge in [0.25, 0.3) is 5.91 Å². The van der Waals surface area contributed by atoms with E-state index in [0.29, 0.717) is 23.6 Å². The average Bonchev–Trinajstić information content (AvgIpc) is 2.84. The molecule has 166 valence electrons. The molecule has 0 radical (unpaired) electrons. The van der Waals surface area contributed by atoms with Crippen LogP contribution in [0.5, 0.6) is 5.75 Å². The topological polar surface area (TPSA) is 109 Å². The van der Waals surface area contributed by atoms with E-state index >= 15 is 0 Å². The molecule has 33 heavy (non-hydrogen) atoms. The second kappa shape index (κ2) is 11.6. The van der Waals surface area contributed by atoms with Crippen LogP contribution in [0.1, 0.15) is 15.9 Å². The highest BCUT2D eigenvalue weighted by atomic mass is 16.5. The average molecular weight is 442 g/mol. The lowest BCUT2D eigenvalue weighted by Crippen LogP contribution is -2.33. The fourth-order valence-corrected chi connectivity index (χ4v) is 2.75. The van der Waals surface area contributed by atoms with Crippen LogP contribution in [0.25, 0.3) is 0 Å². The summed E-state index contributed by atoms with van der Waals surface area (Å²) in [5.74, 6) is -1.75. The molecule has 0 saturated carbocycles. The van der Waals surface area contributed by atoms with Crippen LogP contribution in [-0.4, -0.2) is 30.5 Å². The molecule has 8 nitrogen and oxygen atoms in total. The quantitative estimate of drug-likeness (QED) is 0.214. The Kier molecular flexibility index (Phi) is 8.08. The number of benzene rings is 3. The van der Waals surface area contributed by atoms with Gasteiger partial charge in [0.1, 0.15) is 12.4 Å². The van der Waals surface area contributed by atoms with Crippen molar-refractivity contribution in [3.63, 3.8) is 0 Å². The molecule has 0 fully saturated rings. The molecule has 0 bridgehead atoms. The second-order valence-electron chi connectivity index (χ2n) is 6.69. The number of para-hydroxylation sites is 2. The Labute approximate surface area is 191 Å². The van der Waals surface area contributed by atoms with Gasteiger partial charge in [0, 0.05) is 5.69 Å². The van der Waals surface area contributed by atoms with Crippen LogP contribution in [0.15, 0.2) is 96.6 Å². The van der Waals surface area contributed by atoms with Gasteiger partial charge in [-0.25, -0.2) is 5.43 Å². The molecule has 3 amide bonds. The summed E-state index contributed by atoms with van der Waals surface area (Å²) in [6.07, 6.45) is 3.01. The summed E-state index contributed by atoms with van der Waals surface area (Å²) in [7, 11) is 0. The van der Waals surface area contributed by atoms with Crippen molar-refractivity contribution in [2.75, 3.05) is 17.2 Å². The minimum Gasteiger partial charge on any atom is -0.490 e. The van der Waals surface area contributed by atoms with E-state index in [1.165, 1.54) is 12.3 Å². The van der Waals surface area contributed by atoms with Gasteiger partial charge in [0.2, 0.25) is 0 Å². The Morgan fingerprint density at radius 1 is 0.879 bits per heavy atom. The first kappa shape index (κ1) is 23.0. The summed E-state index contributed by atoms with van der Waals surface area (Å²) in [4.78, 5) is 37.1. The number of nitrogens with one attached hydrogen (secondary N) is 3. The largest absolute Gasteiger partial charge is 0.490 e. The predicted octanol–water partition coefficient (Wildman–Crippen LogP) is 3.59. The molecule has 3 N–H and O–H groups in total. The number of carbonyl (C=O) groups is 3. The fraction of sp³-hybridized carbons (Fsp3) is 0.0400. The molecule has 0 unspecified atom stereocenters. The third-order valence-corrected chi connectivity index (χ3v) is 4.26. The third-order valence-electron chi connectivity index (χ3n) is 4.26. The first-order valence-corrected chi connectivity index (χ1v) is 10.0.